The summed E-state index contributed by atoms with van der Waals surface area (Å²) >= 11 is 0. The second kappa shape index (κ2) is 5.75. The molecule has 5 heteroatoms. The molecule has 0 fully saturated rings. The first-order chi connectivity index (χ1) is 10.3. The first-order valence-corrected chi connectivity index (χ1v) is 6.97. The highest BCUT2D eigenvalue weighted by molar-refractivity contribution is 6.11. The summed E-state index contributed by atoms with van der Waals surface area (Å²) in [6, 6.07) is 9.38. The van der Waals surface area contributed by atoms with Crippen LogP contribution >= 0.6 is 0 Å². The first kappa shape index (κ1) is 13.3. The molecule has 2 aromatic heterocycles. The smallest absolute Gasteiger partial charge is 0.319 e. The number of carbonyl (C=O) groups is 1. The van der Waals surface area contributed by atoms with Crippen LogP contribution < -0.4 is 10.6 Å². The molecule has 0 saturated heterocycles. The number of rotatable bonds is 3. The molecule has 3 aromatic rings. The minimum absolute atomic E-state index is 0.216. The van der Waals surface area contributed by atoms with E-state index in [1.807, 2.05) is 37.3 Å². The SMILES string of the molecule is CCCNC(=O)Nc1cc2cccnc2c2cccnc12. The summed E-state index contributed by atoms with van der Waals surface area (Å²) in [5, 5.41) is 7.58. The second-order valence-electron chi connectivity index (χ2n) is 4.78. The van der Waals surface area contributed by atoms with Gasteiger partial charge in [0.05, 0.1) is 16.7 Å². The van der Waals surface area contributed by atoms with Crippen LogP contribution in [0.25, 0.3) is 21.8 Å². The van der Waals surface area contributed by atoms with Gasteiger partial charge in [-0.15, -0.1) is 0 Å². The summed E-state index contributed by atoms with van der Waals surface area (Å²) < 4.78 is 0. The Labute approximate surface area is 122 Å². The van der Waals surface area contributed by atoms with Crippen LogP contribution in [-0.2, 0) is 0 Å². The third-order valence-electron chi connectivity index (χ3n) is 3.24. The van der Waals surface area contributed by atoms with Crippen LogP contribution in [0.2, 0.25) is 0 Å². The molecule has 106 valence electrons. The molecule has 0 spiro atoms. The Morgan fingerprint density at radius 2 is 1.90 bits per heavy atom. The van der Waals surface area contributed by atoms with Crippen LogP contribution in [-0.4, -0.2) is 22.5 Å². The van der Waals surface area contributed by atoms with E-state index in [2.05, 4.69) is 20.6 Å². The van der Waals surface area contributed by atoms with Crippen molar-refractivity contribution in [3.05, 3.63) is 42.7 Å². The third kappa shape index (κ3) is 2.63. The van der Waals surface area contributed by atoms with Crippen molar-refractivity contribution in [3.63, 3.8) is 0 Å². The molecular weight excluding hydrogens is 264 g/mol. The summed E-state index contributed by atoms with van der Waals surface area (Å²) in [5.74, 6) is 0. The van der Waals surface area contributed by atoms with Crippen molar-refractivity contribution in [2.45, 2.75) is 13.3 Å². The van der Waals surface area contributed by atoms with Gasteiger partial charge in [-0.3, -0.25) is 9.97 Å². The predicted molar refractivity (Wildman–Crippen MR) is 84.4 cm³/mol. The average molecular weight is 280 g/mol. The van der Waals surface area contributed by atoms with Gasteiger partial charge in [0.2, 0.25) is 0 Å². The van der Waals surface area contributed by atoms with Crippen molar-refractivity contribution in [1.29, 1.82) is 0 Å². The van der Waals surface area contributed by atoms with Crippen LogP contribution in [0.4, 0.5) is 10.5 Å². The van der Waals surface area contributed by atoms with Gasteiger partial charge in [-0.05, 0) is 30.7 Å². The quantitative estimate of drug-likeness (QED) is 0.723. The predicted octanol–water partition coefficient (Wildman–Crippen LogP) is 3.31. The Kier molecular flexibility index (Phi) is 3.64. The summed E-state index contributed by atoms with van der Waals surface area (Å²) in [6.45, 7) is 2.66. The molecule has 21 heavy (non-hydrogen) atoms. The molecule has 2 N–H and O–H groups in total. The number of hydrogen-bond donors (Lipinski definition) is 2. The topological polar surface area (TPSA) is 66.9 Å². The Morgan fingerprint density at radius 1 is 1.14 bits per heavy atom. The summed E-state index contributed by atoms with van der Waals surface area (Å²) in [4.78, 5) is 20.7. The molecule has 0 aliphatic carbocycles. The highest BCUT2D eigenvalue weighted by Crippen LogP contribution is 2.28. The van der Waals surface area contributed by atoms with E-state index in [-0.39, 0.29) is 6.03 Å². The van der Waals surface area contributed by atoms with Crippen molar-refractivity contribution in [2.24, 2.45) is 0 Å². The van der Waals surface area contributed by atoms with E-state index in [9.17, 15) is 4.79 Å². The van der Waals surface area contributed by atoms with E-state index >= 15 is 0 Å². The van der Waals surface area contributed by atoms with E-state index in [0.717, 1.165) is 28.2 Å². The molecule has 0 bridgehead atoms. The number of nitrogens with zero attached hydrogens (tertiary/aromatic N) is 2. The number of pyridine rings is 2. The number of fused-ring (bicyclic) bond motifs is 3. The lowest BCUT2D eigenvalue weighted by atomic mass is 10.1. The number of amides is 2. The zero-order valence-corrected chi connectivity index (χ0v) is 11.8. The minimum atomic E-state index is -0.216. The Morgan fingerprint density at radius 3 is 2.71 bits per heavy atom. The van der Waals surface area contributed by atoms with Gasteiger partial charge in [0, 0.05) is 29.7 Å². The fourth-order valence-corrected chi connectivity index (χ4v) is 2.29. The number of anilines is 1. The summed E-state index contributed by atoms with van der Waals surface area (Å²) in [5.41, 5.74) is 2.33. The van der Waals surface area contributed by atoms with Crippen LogP contribution in [0.3, 0.4) is 0 Å². The van der Waals surface area contributed by atoms with Crippen molar-refractivity contribution < 1.29 is 4.79 Å². The number of urea groups is 1. The minimum Gasteiger partial charge on any atom is -0.338 e. The van der Waals surface area contributed by atoms with Crippen molar-refractivity contribution in [3.8, 4) is 0 Å². The Hall–Kier alpha value is -2.69. The van der Waals surface area contributed by atoms with E-state index in [1.165, 1.54) is 0 Å². The molecule has 5 nitrogen and oxygen atoms in total. The van der Waals surface area contributed by atoms with Gasteiger partial charge in [0.25, 0.3) is 0 Å². The molecule has 0 unspecified atom stereocenters. The highest BCUT2D eigenvalue weighted by atomic mass is 16.2. The van der Waals surface area contributed by atoms with Crippen LogP contribution in [0, 0.1) is 0 Å². The Bertz CT molecular complexity index is 800. The monoisotopic (exact) mass is 280 g/mol. The van der Waals surface area contributed by atoms with E-state index in [1.54, 1.807) is 12.4 Å². The normalized spacial score (nSPS) is 10.7. The fourth-order valence-electron chi connectivity index (χ4n) is 2.29. The van der Waals surface area contributed by atoms with Gasteiger partial charge < -0.3 is 10.6 Å². The van der Waals surface area contributed by atoms with E-state index in [0.29, 0.717) is 12.2 Å². The number of carbonyl (C=O) groups excluding carboxylic acids is 1. The number of nitrogens with one attached hydrogen (secondary N) is 2. The zero-order chi connectivity index (χ0) is 14.7. The second-order valence-corrected chi connectivity index (χ2v) is 4.78. The molecular formula is C16H16N4O. The van der Waals surface area contributed by atoms with Gasteiger partial charge in [0.15, 0.2) is 0 Å². The number of benzene rings is 1. The molecule has 0 radical (unpaired) electrons. The van der Waals surface area contributed by atoms with Crippen LogP contribution in [0.15, 0.2) is 42.7 Å². The molecule has 2 amide bonds. The largest absolute Gasteiger partial charge is 0.338 e. The molecule has 0 atom stereocenters. The lowest BCUT2D eigenvalue weighted by Crippen LogP contribution is -2.29. The molecule has 3 rings (SSSR count). The van der Waals surface area contributed by atoms with Crippen LogP contribution in [0.1, 0.15) is 13.3 Å². The standard InChI is InChI=1S/C16H16N4O/c1-2-7-19-16(21)20-13-10-11-5-3-8-17-14(11)12-6-4-9-18-15(12)13/h3-6,8-10H,2,7H2,1H3,(H2,19,20,21). The van der Waals surface area contributed by atoms with Gasteiger partial charge in [-0.2, -0.15) is 0 Å². The lowest BCUT2D eigenvalue weighted by molar-refractivity contribution is 0.252. The van der Waals surface area contributed by atoms with E-state index in [4.69, 9.17) is 0 Å². The average Bonchev–Trinajstić information content (AvgIpc) is 2.53. The molecule has 1 aromatic carbocycles. The zero-order valence-electron chi connectivity index (χ0n) is 11.8. The highest BCUT2D eigenvalue weighted by Gasteiger charge is 2.10. The van der Waals surface area contributed by atoms with Crippen molar-refractivity contribution in [1.82, 2.24) is 15.3 Å². The van der Waals surface area contributed by atoms with Crippen molar-refractivity contribution in [2.75, 3.05) is 11.9 Å². The van der Waals surface area contributed by atoms with Gasteiger partial charge in [-0.1, -0.05) is 13.0 Å². The maximum absolute atomic E-state index is 11.9. The maximum atomic E-state index is 11.9. The van der Waals surface area contributed by atoms with Gasteiger partial charge in [-0.25, -0.2) is 4.79 Å². The molecule has 0 aliphatic heterocycles. The van der Waals surface area contributed by atoms with Crippen LogP contribution in [0.5, 0.6) is 0 Å². The molecule has 2 heterocycles. The Balaban J connectivity index is 2.10. The summed E-state index contributed by atoms with van der Waals surface area (Å²) in [7, 11) is 0. The fraction of sp³-hybridized carbons (Fsp3) is 0.188. The molecule has 0 aliphatic rings. The lowest BCUT2D eigenvalue weighted by Gasteiger charge is -2.11. The number of hydrogen-bond acceptors (Lipinski definition) is 3. The molecule has 0 saturated carbocycles. The third-order valence-corrected chi connectivity index (χ3v) is 3.24. The van der Waals surface area contributed by atoms with E-state index < -0.39 is 0 Å². The van der Waals surface area contributed by atoms with Crippen molar-refractivity contribution >= 4 is 33.5 Å². The van der Waals surface area contributed by atoms with Gasteiger partial charge >= 0.3 is 6.03 Å². The maximum Gasteiger partial charge on any atom is 0.319 e. The van der Waals surface area contributed by atoms with Gasteiger partial charge in [0.1, 0.15) is 0 Å². The first-order valence-electron chi connectivity index (χ1n) is 6.97. The summed E-state index contributed by atoms with van der Waals surface area (Å²) in [6.07, 6.45) is 4.37. The number of aromatic nitrogens is 2.